The van der Waals surface area contributed by atoms with Gasteiger partial charge < -0.3 is 10.6 Å². The zero-order valence-corrected chi connectivity index (χ0v) is 11.5. The van der Waals surface area contributed by atoms with Gasteiger partial charge in [-0.25, -0.2) is 4.98 Å². The Kier molecular flexibility index (Phi) is 4.36. The molecule has 1 aromatic rings. The maximum absolute atomic E-state index is 11.9. The first-order chi connectivity index (χ1) is 8.16. The van der Waals surface area contributed by atoms with Crippen LogP contribution < -0.4 is 10.6 Å². The Labute approximate surface area is 113 Å². The number of hydrogen-bond acceptors (Lipinski definition) is 3. The molecular weight excluding hydrogens is 305 g/mol. The maximum atomic E-state index is 11.9. The molecule has 1 aliphatic rings. The number of piperidine rings is 1. The Hall–Kier alpha value is -0.650. The van der Waals surface area contributed by atoms with Crippen molar-refractivity contribution in [2.45, 2.75) is 25.3 Å². The molecule has 0 bridgehead atoms. The predicted molar refractivity (Wildman–Crippen MR) is 71.2 cm³/mol. The van der Waals surface area contributed by atoms with Crippen molar-refractivity contribution in [2.75, 3.05) is 11.9 Å². The number of hydrogen-bond donors (Lipinski definition) is 2. The highest BCUT2D eigenvalue weighted by molar-refractivity contribution is 9.10. The van der Waals surface area contributed by atoms with Crippen LogP contribution in [0.5, 0.6) is 0 Å². The molecule has 4 nitrogen and oxygen atoms in total. The topological polar surface area (TPSA) is 54.0 Å². The number of rotatable bonds is 2. The largest absolute Gasteiger partial charge is 0.323 e. The van der Waals surface area contributed by atoms with E-state index >= 15 is 0 Å². The number of carbonyl (C=O) groups excluding carboxylic acids is 1. The molecule has 92 valence electrons. The number of halogens is 2. The van der Waals surface area contributed by atoms with Crippen molar-refractivity contribution in [2.24, 2.45) is 0 Å². The first kappa shape index (κ1) is 12.8. The molecule has 2 heterocycles. The second-order valence-corrected chi connectivity index (χ2v) is 5.20. The molecule has 2 rings (SSSR count). The molecule has 1 atom stereocenters. The number of amides is 1. The van der Waals surface area contributed by atoms with E-state index in [2.05, 4.69) is 31.5 Å². The summed E-state index contributed by atoms with van der Waals surface area (Å²) in [5.41, 5.74) is 0.652. The van der Waals surface area contributed by atoms with Crippen LogP contribution in [0.3, 0.4) is 0 Å². The molecule has 1 aliphatic heterocycles. The van der Waals surface area contributed by atoms with Gasteiger partial charge >= 0.3 is 0 Å². The molecule has 1 unspecified atom stereocenters. The Bertz CT molecular complexity index is 421. The summed E-state index contributed by atoms with van der Waals surface area (Å²) < 4.78 is 0.675. The zero-order chi connectivity index (χ0) is 12.3. The lowest BCUT2D eigenvalue weighted by Gasteiger charge is -2.22. The van der Waals surface area contributed by atoms with E-state index in [0.29, 0.717) is 15.3 Å². The Morgan fingerprint density at radius 1 is 1.59 bits per heavy atom. The second-order valence-electron chi connectivity index (χ2n) is 3.99. The predicted octanol–water partition coefficient (Wildman–Crippen LogP) is 2.58. The summed E-state index contributed by atoms with van der Waals surface area (Å²) in [6, 6.07) is 1.65. The van der Waals surface area contributed by atoms with Crippen LogP contribution in [0.4, 0.5) is 5.69 Å². The third-order valence-corrected chi connectivity index (χ3v) is 3.82. The number of nitrogens with zero attached hydrogens (tertiary/aromatic N) is 1. The number of anilines is 1. The van der Waals surface area contributed by atoms with Gasteiger partial charge in [0.2, 0.25) is 5.91 Å². The van der Waals surface area contributed by atoms with Crippen LogP contribution in [0.1, 0.15) is 19.3 Å². The quantitative estimate of drug-likeness (QED) is 0.824. The Balaban J connectivity index is 1.99. The van der Waals surface area contributed by atoms with E-state index in [-0.39, 0.29) is 11.9 Å². The van der Waals surface area contributed by atoms with Crippen molar-refractivity contribution in [1.29, 1.82) is 0 Å². The fourth-order valence-electron chi connectivity index (χ4n) is 1.79. The summed E-state index contributed by atoms with van der Waals surface area (Å²) in [7, 11) is 0. The van der Waals surface area contributed by atoms with Crippen LogP contribution in [-0.4, -0.2) is 23.5 Å². The lowest BCUT2D eigenvalue weighted by molar-refractivity contribution is -0.118. The lowest BCUT2D eigenvalue weighted by atomic mass is 10.0. The van der Waals surface area contributed by atoms with E-state index in [1.54, 1.807) is 12.3 Å². The van der Waals surface area contributed by atoms with Gasteiger partial charge in [-0.15, -0.1) is 0 Å². The first-order valence-corrected chi connectivity index (χ1v) is 6.69. The molecule has 1 fully saturated rings. The molecule has 0 aliphatic carbocycles. The maximum Gasteiger partial charge on any atom is 0.241 e. The summed E-state index contributed by atoms with van der Waals surface area (Å²) in [6.07, 6.45) is 4.66. The fourth-order valence-corrected chi connectivity index (χ4v) is 2.25. The van der Waals surface area contributed by atoms with E-state index in [9.17, 15) is 4.79 Å². The smallest absolute Gasteiger partial charge is 0.241 e. The van der Waals surface area contributed by atoms with Crippen molar-refractivity contribution < 1.29 is 4.79 Å². The number of carbonyl (C=O) groups is 1. The fraction of sp³-hybridized carbons (Fsp3) is 0.455. The van der Waals surface area contributed by atoms with E-state index in [0.717, 1.165) is 25.8 Å². The van der Waals surface area contributed by atoms with Gasteiger partial charge in [0.25, 0.3) is 0 Å². The highest BCUT2D eigenvalue weighted by Gasteiger charge is 2.20. The SMILES string of the molecule is O=C(Nc1cnc(Cl)c(Br)c1)C1CCCCN1. The monoisotopic (exact) mass is 317 g/mol. The summed E-state index contributed by atoms with van der Waals surface area (Å²) in [4.78, 5) is 15.9. The molecule has 1 amide bonds. The highest BCUT2D eigenvalue weighted by atomic mass is 79.9. The Morgan fingerprint density at radius 3 is 3.06 bits per heavy atom. The van der Waals surface area contributed by atoms with Crippen LogP contribution in [0.2, 0.25) is 5.15 Å². The molecule has 0 aromatic carbocycles. The van der Waals surface area contributed by atoms with Crippen LogP contribution in [-0.2, 0) is 4.79 Å². The molecule has 0 saturated carbocycles. The average Bonchev–Trinajstić information content (AvgIpc) is 2.35. The molecule has 17 heavy (non-hydrogen) atoms. The molecule has 1 aromatic heterocycles. The Morgan fingerprint density at radius 2 is 2.41 bits per heavy atom. The molecule has 0 spiro atoms. The highest BCUT2D eigenvalue weighted by Crippen LogP contribution is 2.23. The minimum atomic E-state index is -0.0989. The van der Waals surface area contributed by atoms with Crippen molar-refractivity contribution >= 4 is 39.1 Å². The van der Waals surface area contributed by atoms with Gasteiger partial charge in [-0.3, -0.25) is 4.79 Å². The second kappa shape index (κ2) is 5.80. The van der Waals surface area contributed by atoms with Crippen LogP contribution in [0.25, 0.3) is 0 Å². The van der Waals surface area contributed by atoms with Crippen LogP contribution in [0, 0.1) is 0 Å². The van der Waals surface area contributed by atoms with Crippen molar-refractivity contribution in [3.05, 3.63) is 21.9 Å². The molecule has 6 heteroatoms. The third kappa shape index (κ3) is 3.40. The molecule has 1 saturated heterocycles. The van der Waals surface area contributed by atoms with Crippen LogP contribution in [0.15, 0.2) is 16.7 Å². The van der Waals surface area contributed by atoms with Gasteiger partial charge in [-0.2, -0.15) is 0 Å². The summed E-state index contributed by atoms with van der Waals surface area (Å²) in [5, 5.41) is 6.41. The van der Waals surface area contributed by atoms with E-state index < -0.39 is 0 Å². The van der Waals surface area contributed by atoms with Gasteiger partial charge in [0.05, 0.1) is 22.4 Å². The number of nitrogens with one attached hydrogen (secondary N) is 2. The van der Waals surface area contributed by atoms with Crippen molar-refractivity contribution in [3.63, 3.8) is 0 Å². The minimum Gasteiger partial charge on any atom is -0.323 e. The summed E-state index contributed by atoms with van der Waals surface area (Å²) >= 11 is 9.05. The summed E-state index contributed by atoms with van der Waals surface area (Å²) in [5.74, 6) is -0.0132. The average molecular weight is 319 g/mol. The van der Waals surface area contributed by atoms with Crippen molar-refractivity contribution in [1.82, 2.24) is 10.3 Å². The third-order valence-electron chi connectivity index (χ3n) is 2.69. The van der Waals surface area contributed by atoms with Gasteiger partial charge in [0.1, 0.15) is 5.15 Å². The van der Waals surface area contributed by atoms with Gasteiger partial charge in [0.15, 0.2) is 0 Å². The molecular formula is C11H13BrClN3O. The van der Waals surface area contributed by atoms with E-state index in [1.165, 1.54) is 0 Å². The lowest BCUT2D eigenvalue weighted by Crippen LogP contribution is -2.43. The number of pyridine rings is 1. The molecule has 2 N–H and O–H groups in total. The standard InChI is InChI=1S/C11H13BrClN3O/c12-8-5-7(6-15-10(8)13)16-11(17)9-3-1-2-4-14-9/h5-6,9,14H,1-4H2,(H,16,17). The van der Waals surface area contributed by atoms with Gasteiger partial charge in [-0.05, 0) is 41.4 Å². The minimum absolute atomic E-state index is 0.0132. The summed E-state index contributed by atoms with van der Waals surface area (Å²) in [6.45, 7) is 0.903. The van der Waals surface area contributed by atoms with Gasteiger partial charge in [-0.1, -0.05) is 18.0 Å². The van der Waals surface area contributed by atoms with E-state index in [4.69, 9.17) is 11.6 Å². The normalized spacial score (nSPS) is 20.0. The van der Waals surface area contributed by atoms with E-state index in [1.807, 2.05) is 0 Å². The van der Waals surface area contributed by atoms with Crippen LogP contribution >= 0.6 is 27.5 Å². The zero-order valence-electron chi connectivity index (χ0n) is 9.17. The molecule has 0 radical (unpaired) electrons. The first-order valence-electron chi connectivity index (χ1n) is 5.52. The number of aromatic nitrogens is 1. The van der Waals surface area contributed by atoms with Crippen molar-refractivity contribution in [3.8, 4) is 0 Å². The van der Waals surface area contributed by atoms with Gasteiger partial charge in [0, 0.05) is 0 Å².